The first kappa shape index (κ1) is 18.3. The van der Waals surface area contributed by atoms with Gasteiger partial charge in [-0.25, -0.2) is 4.39 Å². The molecular weight excluding hydrogens is 319 g/mol. The zero-order chi connectivity index (χ0) is 18.2. The lowest BCUT2D eigenvalue weighted by molar-refractivity contribution is 0.589. The maximum Gasteiger partial charge on any atom is 0.123 e. The molecule has 0 nitrogen and oxygen atoms in total. The lowest BCUT2D eigenvalue weighted by Gasteiger charge is -2.01. The van der Waals surface area contributed by atoms with Gasteiger partial charge in [-0.2, -0.15) is 0 Å². The molecule has 1 aliphatic rings. The summed E-state index contributed by atoms with van der Waals surface area (Å²) < 4.78 is 12.8. The average molecular weight is 344 g/mol. The van der Waals surface area contributed by atoms with Gasteiger partial charge in [0.25, 0.3) is 0 Å². The van der Waals surface area contributed by atoms with Gasteiger partial charge in [0.15, 0.2) is 0 Å². The number of hydrogen-bond acceptors (Lipinski definition) is 0. The Morgan fingerprint density at radius 2 is 1.46 bits per heavy atom. The molecular formula is C25H25F. The van der Waals surface area contributed by atoms with Gasteiger partial charge in [0.05, 0.1) is 0 Å². The summed E-state index contributed by atoms with van der Waals surface area (Å²) in [6, 6.07) is 14.8. The van der Waals surface area contributed by atoms with Crippen molar-refractivity contribution in [3.63, 3.8) is 0 Å². The molecule has 2 aromatic rings. The van der Waals surface area contributed by atoms with E-state index in [0.29, 0.717) is 0 Å². The van der Waals surface area contributed by atoms with Crippen molar-refractivity contribution in [3.05, 3.63) is 71.0 Å². The zero-order valence-electron chi connectivity index (χ0n) is 15.4. The Hall–Kier alpha value is -2.51. The first-order valence-corrected chi connectivity index (χ1v) is 9.64. The maximum atomic E-state index is 12.8. The molecule has 0 amide bonds. The van der Waals surface area contributed by atoms with E-state index in [4.69, 9.17) is 0 Å². The number of unbranched alkanes of at least 4 members (excludes halogenated alkanes) is 3. The molecule has 0 aliphatic heterocycles. The molecule has 1 saturated carbocycles. The van der Waals surface area contributed by atoms with Crippen LogP contribution in [0.3, 0.4) is 0 Å². The van der Waals surface area contributed by atoms with Gasteiger partial charge in [0.1, 0.15) is 5.82 Å². The van der Waals surface area contributed by atoms with Crippen LogP contribution in [0.1, 0.15) is 68.1 Å². The van der Waals surface area contributed by atoms with Crippen LogP contribution in [0.25, 0.3) is 0 Å². The van der Waals surface area contributed by atoms with E-state index >= 15 is 0 Å². The first-order valence-electron chi connectivity index (χ1n) is 9.64. The maximum absolute atomic E-state index is 12.8. The second kappa shape index (κ2) is 9.26. The van der Waals surface area contributed by atoms with Gasteiger partial charge in [-0.05, 0) is 78.5 Å². The molecule has 2 unspecified atom stereocenters. The molecule has 132 valence electrons. The molecule has 1 fully saturated rings. The molecule has 0 radical (unpaired) electrons. The van der Waals surface area contributed by atoms with Gasteiger partial charge in [-0.15, -0.1) is 0 Å². The highest BCUT2D eigenvalue weighted by Gasteiger charge is 2.37. The molecule has 2 aromatic carbocycles. The molecule has 1 heteroatoms. The van der Waals surface area contributed by atoms with Crippen LogP contribution in [0.15, 0.2) is 48.5 Å². The fourth-order valence-electron chi connectivity index (χ4n) is 3.36. The summed E-state index contributed by atoms with van der Waals surface area (Å²) in [7, 11) is 0. The summed E-state index contributed by atoms with van der Waals surface area (Å²) in [5.41, 5.74) is 3.21. The molecule has 0 aromatic heterocycles. The highest BCUT2D eigenvalue weighted by atomic mass is 19.1. The quantitative estimate of drug-likeness (QED) is 0.426. The van der Waals surface area contributed by atoms with Crippen LogP contribution in [0.4, 0.5) is 4.39 Å². The van der Waals surface area contributed by atoms with Gasteiger partial charge in [-0.3, -0.25) is 0 Å². The van der Waals surface area contributed by atoms with Crippen molar-refractivity contribution in [3.8, 4) is 23.7 Å². The van der Waals surface area contributed by atoms with Crippen molar-refractivity contribution in [2.75, 3.05) is 0 Å². The minimum Gasteiger partial charge on any atom is -0.207 e. The lowest BCUT2D eigenvalue weighted by atomic mass is 10.0. The lowest BCUT2D eigenvalue weighted by Crippen LogP contribution is -1.86. The number of hydrogen-bond donors (Lipinski definition) is 0. The predicted molar refractivity (Wildman–Crippen MR) is 106 cm³/mol. The summed E-state index contributed by atoms with van der Waals surface area (Å²) in [5, 5.41) is 0. The molecule has 1 aliphatic carbocycles. The third-order valence-electron chi connectivity index (χ3n) is 5.01. The summed E-state index contributed by atoms with van der Waals surface area (Å²) in [6.07, 6.45) is 8.17. The Morgan fingerprint density at radius 1 is 0.846 bits per heavy atom. The Balaban J connectivity index is 1.49. The smallest absolute Gasteiger partial charge is 0.123 e. The van der Waals surface area contributed by atoms with Crippen LogP contribution in [0, 0.1) is 35.4 Å². The van der Waals surface area contributed by atoms with E-state index in [1.54, 1.807) is 12.1 Å². The summed E-state index contributed by atoms with van der Waals surface area (Å²) in [5.74, 6) is 13.1. The number of benzene rings is 2. The van der Waals surface area contributed by atoms with Crippen LogP contribution in [-0.2, 0) is 0 Å². The minimum absolute atomic E-state index is 0.249. The Morgan fingerprint density at radius 3 is 2.08 bits per heavy atom. The SMILES string of the molecule is CCCCCCC1CC1c1ccc(C#CC#Cc2ccc(F)cc2)cc1. The van der Waals surface area contributed by atoms with Crippen LogP contribution in [0.2, 0.25) is 0 Å². The number of rotatable bonds is 6. The van der Waals surface area contributed by atoms with E-state index in [9.17, 15) is 4.39 Å². The van der Waals surface area contributed by atoms with E-state index in [0.717, 1.165) is 23.0 Å². The third kappa shape index (κ3) is 5.50. The van der Waals surface area contributed by atoms with Gasteiger partial charge in [0, 0.05) is 11.1 Å². The van der Waals surface area contributed by atoms with Crippen LogP contribution in [0.5, 0.6) is 0 Å². The van der Waals surface area contributed by atoms with E-state index in [2.05, 4.69) is 54.9 Å². The van der Waals surface area contributed by atoms with Crippen LogP contribution in [-0.4, -0.2) is 0 Å². The largest absolute Gasteiger partial charge is 0.207 e. The van der Waals surface area contributed by atoms with Crippen LogP contribution >= 0.6 is 0 Å². The normalized spacial score (nSPS) is 17.6. The van der Waals surface area contributed by atoms with E-state index in [-0.39, 0.29) is 5.82 Å². The Bertz CT molecular complexity index is 822. The third-order valence-corrected chi connectivity index (χ3v) is 5.01. The van der Waals surface area contributed by atoms with E-state index in [1.165, 1.54) is 56.2 Å². The minimum atomic E-state index is -0.249. The van der Waals surface area contributed by atoms with Gasteiger partial charge >= 0.3 is 0 Å². The standard InChI is InChI=1S/C25H25F/c1-2-3-4-5-10-23-19-25(23)22-15-11-20(12-16-22)8-6-7-9-21-13-17-24(26)18-14-21/h11-18,23,25H,2-5,10,19H2,1H3. The average Bonchev–Trinajstić information content (AvgIpc) is 3.44. The summed E-state index contributed by atoms with van der Waals surface area (Å²) in [4.78, 5) is 0. The van der Waals surface area contributed by atoms with Gasteiger partial charge < -0.3 is 0 Å². The van der Waals surface area contributed by atoms with Crippen molar-refractivity contribution in [1.29, 1.82) is 0 Å². The monoisotopic (exact) mass is 344 g/mol. The van der Waals surface area contributed by atoms with Crippen molar-refractivity contribution < 1.29 is 4.39 Å². The van der Waals surface area contributed by atoms with Crippen molar-refractivity contribution in [2.24, 2.45) is 5.92 Å². The summed E-state index contributed by atoms with van der Waals surface area (Å²) >= 11 is 0. The molecule has 0 saturated heterocycles. The summed E-state index contributed by atoms with van der Waals surface area (Å²) in [6.45, 7) is 2.26. The fourth-order valence-corrected chi connectivity index (χ4v) is 3.36. The highest BCUT2D eigenvalue weighted by molar-refractivity contribution is 5.45. The van der Waals surface area contributed by atoms with Crippen molar-refractivity contribution in [2.45, 2.75) is 51.4 Å². The van der Waals surface area contributed by atoms with Crippen molar-refractivity contribution >= 4 is 0 Å². The molecule has 3 rings (SSSR count). The van der Waals surface area contributed by atoms with Crippen LogP contribution < -0.4 is 0 Å². The van der Waals surface area contributed by atoms with E-state index in [1.807, 2.05) is 0 Å². The second-order valence-electron chi connectivity index (χ2n) is 7.08. The Labute approximate surface area is 156 Å². The van der Waals surface area contributed by atoms with Gasteiger partial charge in [-0.1, -0.05) is 56.6 Å². The second-order valence-corrected chi connectivity index (χ2v) is 7.08. The molecule has 0 bridgehead atoms. The molecule has 0 heterocycles. The van der Waals surface area contributed by atoms with Gasteiger partial charge in [0.2, 0.25) is 0 Å². The molecule has 0 N–H and O–H groups in total. The fraction of sp³-hybridized carbons (Fsp3) is 0.360. The predicted octanol–water partition coefficient (Wildman–Crippen LogP) is 6.30. The zero-order valence-corrected chi connectivity index (χ0v) is 15.4. The molecule has 0 spiro atoms. The molecule has 2 atom stereocenters. The van der Waals surface area contributed by atoms with E-state index < -0.39 is 0 Å². The highest BCUT2D eigenvalue weighted by Crippen LogP contribution is 2.50. The Kier molecular flexibility index (Phi) is 6.51. The van der Waals surface area contributed by atoms with Crippen molar-refractivity contribution in [1.82, 2.24) is 0 Å². The first-order chi connectivity index (χ1) is 12.8. The molecule has 26 heavy (non-hydrogen) atoms. The number of halogens is 1. The topological polar surface area (TPSA) is 0 Å².